The van der Waals surface area contributed by atoms with Crippen LogP contribution in [0, 0.1) is 13.8 Å². The first kappa shape index (κ1) is 10.6. The predicted octanol–water partition coefficient (Wildman–Crippen LogP) is 0.911. The first-order chi connectivity index (χ1) is 6.19. The lowest BCUT2D eigenvalue weighted by atomic mass is 10.2. The molecule has 0 fully saturated rings. The van der Waals surface area contributed by atoms with Gasteiger partial charge in [0.2, 0.25) is 0 Å². The molecule has 0 bridgehead atoms. The lowest BCUT2D eigenvalue weighted by Crippen LogP contribution is -2.30. The monoisotopic (exact) mass is 201 g/mol. The summed E-state index contributed by atoms with van der Waals surface area (Å²) in [6.07, 6.45) is 0. The number of hydrogen-bond acceptors (Lipinski definition) is 5. The fourth-order valence-corrected chi connectivity index (χ4v) is 2.21. The van der Waals surface area contributed by atoms with Crippen LogP contribution >= 0.6 is 11.3 Å². The van der Waals surface area contributed by atoms with E-state index >= 15 is 0 Å². The standard InChI is InChI=1S/C8H15N3OS/c1-5-8(13-6(2)10-5)7(11-9)4-12-3/h7,11H,4,9H2,1-3H3. The van der Waals surface area contributed by atoms with Crippen molar-refractivity contribution in [1.82, 2.24) is 10.4 Å². The number of ether oxygens (including phenoxy) is 1. The van der Waals surface area contributed by atoms with Crippen LogP contribution < -0.4 is 11.3 Å². The third-order valence-electron chi connectivity index (χ3n) is 1.79. The third kappa shape index (κ3) is 2.47. The average molecular weight is 201 g/mol. The van der Waals surface area contributed by atoms with Crippen LogP contribution in [0.15, 0.2) is 0 Å². The summed E-state index contributed by atoms with van der Waals surface area (Å²) < 4.78 is 5.05. The minimum atomic E-state index is 0.0520. The summed E-state index contributed by atoms with van der Waals surface area (Å²) in [5.74, 6) is 5.42. The van der Waals surface area contributed by atoms with Crippen molar-refractivity contribution >= 4 is 11.3 Å². The predicted molar refractivity (Wildman–Crippen MR) is 53.5 cm³/mol. The summed E-state index contributed by atoms with van der Waals surface area (Å²) in [5.41, 5.74) is 3.75. The van der Waals surface area contributed by atoms with Gasteiger partial charge in [0, 0.05) is 12.0 Å². The maximum atomic E-state index is 5.42. The summed E-state index contributed by atoms with van der Waals surface area (Å²) in [7, 11) is 1.66. The third-order valence-corrected chi connectivity index (χ3v) is 2.98. The summed E-state index contributed by atoms with van der Waals surface area (Å²) >= 11 is 1.65. The maximum absolute atomic E-state index is 5.42. The molecule has 5 heteroatoms. The molecule has 0 aliphatic heterocycles. The summed E-state index contributed by atoms with van der Waals surface area (Å²) in [4.78, 5) is 5.48. The maximum Gasteiger partial charge on any atom is 0.0900 e. The lowest BCUT2D eigenvalue weighted by molar-refractivity contribution is 0.168. The van der Waals surface area contributed by atoms with Crippen molar-refractivity contribution in [1.29, 1.82) is 0 Å². The molecule has 0 aliphatic carbocycles. The number of methoxy groups -OCH3 is 1. The fourth-order valence-electron chi connectivity index (χ4n) is 1.24. The smallest absolute Gasteiger partial charge is 0.0900 e. The van der Waals surface area contributed by atoms with Crippen molar-refractivity contribution in [3.05, 3.63) is 15.6 Å². The molecule has 0 saturated heterocycles. The first-order valence-electron chi connectivity index (χ1n) is 4.08. The van der Waals surface area contributed by atoms with Gasteiger partial charge in [0.1, 0.15) is 0 Å². The zero-order valence-corrected chi connectivity index (χ0v) is 8.94. The number of nitrogens with zero attached hydrogens (tertiary/aromatic N) is 1. The highest BCUT2D eigenvalue weighted by atomic mass is 32.1. The molecular weight excluding hydrogens is 186 g/mol. The van der Waals surface area contributed by atoms with Gasteiger partial charge in [-0.15, -0.1) is 11.3 Å². The molecule has 13 heavy (non-hydrogen) atoms. The van der Waals surface area contributed by atoms with Crippen LogP contribution in [-0.2, 0) is 4.74 Å². The van der Waals surface area contributed by atoms with Crippen molar-refractivity contribution < 1.29 is 4.74 Å². The Hall–Kier alpha value is -0.490. The van der Waals surface area contributed by atoms with Crippen LogP contribution in [0.25, 0.3) is 0 Å². The number of aryl methyl sites for hydroxylation is 2. The number of nitrogens with one attached hydrogen (secondary N) is 1. The van der Waals surface area contributed by atoms with Crippen LogP contribution in [0.5, 0.6) is 0 Å². The van der Waals surface area contributed by atoms with E-state index in [2.05, 4.69) is 10.4 Å². The molecule has 0 spiro atoms. The van der Waals surface area contributed by atoms with Gasteiger partial charge in [0.25, 0.3) is 0 Å². The number of rotatable bonds is 4. The van der Waals surface area contributed by atoms with Crippen LogP contribution in [0.1, 0.15) is 21.6 Å². The fraction of sp³-hybridized carbons (Fsp3) is 0.625. The Morgan fingerprint density at radius 3 is 2.69 bits per heavy atom. The molecule has 0 amide bonds. The molecule has 0 aromatic carbocycles. The van der Waals surface area contributed by atoms with E-state index in [1.165, 1.54) is 0 Å². The van der Waals surface area contributed by atoms with Crippen molar-refractivity contribution in [3.63, 3.8) is 0 Å². The van der Waals surface area contributed by atoms with Gasteiger partial charge >= 0.3 is 0 Å². The van der Waals surface area contributed by atoms with E-state index in [0.29, 0.717) is 6.61 Å². The topological polar surface area (TPSA) is 60.2 Å². The highest BCUT2D eigenvalue weighted by Gasteiger charge is 2.15. The minimum Gasteiger partial charge on any atom is -0.383 e. The Bertz CT molecular complexity index is 274. The summed E-state index contributed by atoms with van der Waals surface area (Å²) in [6.45, 7) is 4.54. The van der Waals surface area contributed by atoms with E-state index in [4.69, 9.17) is 10.6 Å². The number of nitrogens with two attached hydrogens (primary N) is 1. The van der Waals surface area contributed by atoms with Gasteiger partial charge in [-0.1, -0.05) is 0 Å². The van der Waals surface area contributed by atoms with Crippen molar-refractivity contribution in [2.75, 3.05) is 13.7 Å². The Morgan fingerprint density at radius 2 is 2.31 bits per heavy atom. The van der Waals surface area contributed by atoms with Gasteiger partial charge in [-0.2, -0.15) is 0 Å². The molecule has 74 valence electrons. The largest absolute Gasteiger partial charge is 0.383 e. The molecule has 1 aromatic rings. The molecule has 0 aliphatic rings. The van der Waals surface area contributed by atoms with E-state index in [-0.39, 0.29) is 6.04 Å². The molecule has 3 N–H and O–H groups in total. The normalized spacial score (nSPS) is 13.2. The lowest BCUT2D eigenvalue weighted by Gasteiger charge is -2.12. The zero-order valence-electron chi connectivity index (χ0n) is 8.13. The highest BCUT2D eigenvalue weighted by Crippen LogP contribution is 2.24. The van der Waals surface area contributed by atoms with Crippen LogP contribution in [0.3, 0.4) is 0 Å². The van der Waals surface area contributed by atoms with Gasteiger partial charge in [0.15, 0.2) is 0 Å². The van der Waals surface area contributed by atoms with Gasteiger partial charge in [0.05, 0.1) is 23.4 Å². The van der Waals surface area contributed by atoms with Crippen molar-refractivity contribution in [2.45, 2.75) is 19.9 Å². The van der Waals surface area contributed by atoms with Gasteiger partial charge in [-0.05, 0) is 13.8 Å². The molecule has 1 rings (SSSR count). The van der Waals surface area contributed by atoms with Crippen LogP contribution in [-0.4, -0.2) is 18.7 Å². The Balaban J connectivity index is 2.83. The summed E-state index contributed by atoms with van der Waals surface area (Å²) in [6, 6.07) is 0.0520. The Kier molecular flexibility index (Phi) is 3.80. The van der Waals surface area contributed by atoms with E-state index in [9.17, 15) is 0 Å². The SMILES string of the molecule is COCC(NN)c1sc(C)nc1C. The highest BCUT2D eigenvalue weighted by molar-refractivity contribution is 7.11. The van der Waals surface area contributed by atoms with Gasteiger partial charge in [-0.3, -0.25) is 5.84 Å². The first-order valence-corrected chi connectivity index (χ1v) is 4.89. The average Bonchev–Trinajstić information content (AvgIpc) is 2.41. The minimum absolute atomic E-state index is 0.0520. The van der Waals surface area contributed by atoms with Crippen molar-refractivity contribution in [2.24, 2.45) is 5.84 Å². The van der Waals surface area contributed by atoms with Crippen LogP contribution in [0.4, 0.5) is 0 Å². The summed E-state index contributed by atoms with van der Waals surface area (Å²) in [5, 5.41) is 1.06. The molecular formula is C8H15N3OS. The van der Waals surface area contributed by atoms with Gasteiger partial charge in [-0.25, -0.2) is 10.4 Å². The number of thiazole rings is 1. The van der Waals surface area contributed by atoms with Gasteiger partial charge < -0.3 is 4.74 Å². The molecule has 4 nitrogen and oxygen atoms in total. The Labute approximate surface area is 82.1 Å². The molecule has 0 radical (unpaired) electrons. The van der Waals surface area contributed by atoms with Crippen LogP contribution in [0.2, 0.25) is 0 Å². The number of hydrazine groups is 1. The zero-order chi connectivity index (χ0) is 9.84. The Morgan fingerprint density at radius 1 is 1.62 bits per heavy atom. The molecule has 1 aromatic heterocycles. The second-order valence-electron chi connectivity index (χ2n) is 2.86. The molecule has 1 atom stereocenters. The number of aromatic nitrogens is 1. The second kappa shape index (κ2) is 4.66. The van der Waals surface area contributed by atoms with E-state index < -0.39 is 0 Å². The molecule has 0 saturated carbocycles. The van der Waals surface area contributed by atoms with E-state index in [0.717, 1.165) is 15.6 Å². The number of hydrogen-bond donors (Lipinski definition) is 2. The molecule has 1 unspecified atom stereocenters. The second-order valence-corrected chi connectivity index (χ2v) is 4.09. The van der Waals surface area contributed by atoms with E-state index in [1.807, 2.05) is 13.8 Å². The quantitative estimate of drug-likeness (QED) is 0.561. The molecule has 1 heterocycles. The van der Waals surface area contributed by atoms with Crippen molar-refractivity contribution in [3.8, 4) is 0 Å². The van der Waals surface area contributed by atoms with E-state index in [1.54, 1.807) is 18.4 Å².